The van der Waals surface area contributed by atoms with Crippen LogP contribution in [0.5, 0.6) is 0 Å². The van der Waals surface area contributed by atoms with E-state index in [2.05, 4.69) is 5.32 Å². The molecular formula is C6H13NO4. The summed E-state index contributed by atoms with van der Waals surface area (Å²) in [6.45, 7) is -0.209. The molecule has 1 aliphatic rings. The first kappa shape index (κ1) is 8.89. The molecule has 0 radical (unpaired) electrons. The summed E-state index contributed by atoms with van der Waals surface area (Å²) in [5.74, 6) is 0. The van der Waals surface area contributed by atoms with Gasteiger partial charge in [0.2, 0.25) is 0 Å². The number of hydrogen-bond acceptors (Lipinski definition) is 5. The van der Waals surface area contributed by atoms with E-state index in [4.69, 9.17) is 14.9 Å². The van der Waals surface area contributed by atoms with Crippen LogP contribution >= 0.6 is 0 Å². The van der Waals surface area contributed by atoms with Crippen LogP contribution in [0.4, 0.5) is 0 Å². The quantitative estimate of drug-likeness (QED) is 0.366. The lowest BCUT2D eigenvalue weighted by molar-refractivity contribution is -0.132. The van der Waals surface area contributed by atoms with E-state index in [0.717, 1.165) is 0 Å². The molecule has 0 spiro atoms. The van der Waals surface area contributed by atoms with Gasteiger partial charge < -0.3 is 25.4 Å². The van der Waals surface area contributed by atoms with Gasteiger partial charge in [-0.25, -0.2) is 0 Å². The Kier molecular flexibility index (Phi) is 2.80. The number of rotatable bonds is 2. The van der Waals surface area contributed by atoms with Crippen LogP contribution in [0.2, 0.25) is 0 Å². The van der Waals surface area contributed by atoms with Crippen LogP contribution in [-0.4, -0.2) is 53.5 Å². The first-order valence-corrected chi connectivity index (χ1v) is 3.50. The number of nitrogens with one attached hydrogen (secondary N) is 1. The van der Waals surface area contributed by atoms with Crippen LogP contribution in [0, 0.1) is 0 Å². The van der Waals surface area contributed by atoms with Crippen LogP contribution in [0.25, 0.3) is 0 Å². The molecule has 5 heteroatoms. The molecule has 0 amide bonds. The maximum atomic E-state index is 9.21. The van der Waals surface area contributed by atoms with Crippen LogP contribution in [0.3, 0.4) is 0 Å². The summed E-state index contributed by atoms with van der Waals surface area (Å²) in [6.07, 6.45) is -2.67. The van der Waals surface area contributed by atoms with Crippen molar-refractivity contribution in [1.82, 2.24) is 5.32 Å². The zero-order valence-corrected chi connectivity index (χ0v) is 6.27. The highest BCUT2D eigenvalue weighted by Crippen LogP contribution is 2.18. The third kappa shape index (κ3) is 1.52. The highest BCUT2D eigenvalue weighted by atomic mass is 16.6. The Balaban J connectivity index is 2.57. The lowest BCUT2D eigenvalue weighted by Gasteiger charge is -2.16. The Morgan fingerprint density at radius 1 is 1.45 bits per heavy atom. The molecule has 1 fully saturated rings. The first-order chi connectivity index (χ1) is 5.20. The predicted octanol–water partition coefficient (Wildman–Crippen LogP) is -2.36. The maximum absolute atomic E-state index is 9.21. The molecular weight excluding hydrogens is 150 g/mol. The third-order valence-electron chi connectivity index (χ3n) is 1.89. The molecule has 1 rings (SSSR count). The molecule has 0 aromatic rings. The Hall–Kier alpha value is -0.200. The molecule has 4 atom stereocenters. The van der Waals surface area contributed by atoms with Gasteiger partial charge in [0.1, 0.15) is 12.2 Å². The average Bonchev–Trinajstić information content (AvgIpc) is 2.28. The van der Waals surface area contributed by atoms with E-state index < -0.39 is 24.5 Å². The zero-order valence-electron chi connectivity index (χ0n) is 6.27. The van der Waals surface area contributed by atoms with Crippen molar-refractivity contribution in [3.8, 4) is 0 Å². The summed E-state index contributed by atoms with van der Waals surface area (Å²) in [7, 11) is 1.64. The van der Waals surface area contributed by atoms with Crippen molar-refractivity contribution in [2.75, 3.05) is 13.7 Å². The highest BCUT2D eigenvalue weighted by Gasteiger charge is 2.41. The van der Waals surface area contributed by atoms with Gasteiger partial charge in [-0.05, 0) is 7.05 Å². The van der Waals surface area contributed by atoms with Gasteiger partial charge in [0, 0.05) is 0 Å². The minimum atomic E-state index is -1.19. The van der Waals surface area contributed by atoms with E-state index in [0.29, 0.717) is 0 Å². The van der Waals surface area contributed by atoms with Crippen LogP contribution in [-0.2, 0) is 4.74 Å². The van der Waals surface area contributed by atoms with Crippen LogP contribution in [0.15, 0.2) is 0 Å². The first-order valence-electron chi connectivity index (χ1n) is 3.50. The van der Waals surface area contributed by atoms with E-state index in [1.54, 1.807) is 7.05 Å². The molecule has 0 aromatic heterocycles. The Bertz CT molecular complexity index is 132. The molecule has 0 saturated carbocycles. The fourth-order valence-corrected chi connectivity index (χ4v) is 1.25. The fourth-order valence-electron chi connectivity index (χ4n) is 1.25. The largest absolute Gasteiger partial charge is 0.394 e. The summed E-state index contributed by atoms with van der Waals surface area (Å²) in [6, 6.07) is -0.394. The van der Waals surface area contributed by atoms with Crippen molar-refractivity contribution in [1.29, 1.82) is 0 Å². The van der Waals surface area contributed by atoms with Crippen molar-refractivity contribution < 1.29 is 20.1 Å². The number of aliphatic hydroxyl groups excluding tert-OH is 3. The van der Waals surface area contributed by atoms with Crippen LogP contribution in [0.1, 0.15) is 0 Å². The van der Waals surface area contributed by atoms with Crippen LogP contribution < -0.4 is 5.32 Å². The average molecular weight is 163 g/mol. The molecule has 0 aliphatic carbocycles. The Morgan fingerprint density at radius 2 is 2.09 bits per heavy atom. The van der Waals surface area contributed by atoms with Gasteiger partial charge in [-0.3, -0.25) is 0 Å². The summed E-state index contributed by atoms with van der Waals surface area (Å²) in [5, 5.41) is 29.7. The number of aliphatic hydroxyl groups is 3. The maximum Gasteiger partial charge on any atom is 0.182 e. The molecule has 1 aliphatic heterocycles. The Labute approximate surface area is 64.6 Å². The summed E-state index contributed by atoms with van der Waals surface area (Å²) in [5.41, 5.74) is 0. The Morgan fingerprint density at radius 3 is 2.45 bits per heavy atom. The standard InChI is InChI=1S/C6H13NO4/c1-7-4-3(2-8)11-6(10)5(4)9/h3-10H,2H2,1H3/t3-,4+,5+,6-/m0/s1. The van der Waals surface area contributed by atoms with Gasteiger partial charge in [-0.15, -0.1) is 0 Å². The zero-order chi connectivity index (χ0) is 8.43. The van der Waals surface area contributed by atoms with Gasteiger partial charge in [0.05, 0.1) is 12.6 Å². The van der Waals surface area contributed by atoms with E-state index in [1.165, 1.54) is 0 Å². The van der Waals surface area contributed by atoms with E-state index in [9.17, 15) is 5.11 Å². The second-order valence-corrected chi connectivity index (χ2v) is 2.55. The smallest absolute Gasteiger partial charge is 0.182 e. The monoisotopic (exact) mass is 163 g/mol. The lowest BCUT2D eigenvalue weighted by atomic mass is 10.1. The molecule has 11 heavy (non-hydrogen) atoms. The summed E-state index contributed by atoms with van der Waals surface area (Å²) >= 11 is 0. The van der Waals surface area contributed by atoms with E-state index >= 15 is 0 Å². The molecule has 1 saturated heterocycles. The van der Waals surface area contributed by atoms with Crippen molar-refractivity contribution in [2.45, 2.75) is 24.5 Å². The molecule has 0 aromatic carbocycles. The number of ether oxygens (including phenoxy) is 1. The highest BCUT2D eigenvalue weighted by molar-refractivity contribution is 4.90. The van der Waals surface area contributed by atoms with Gasteiger partial charge >= 0.3 is 0 Å². The lowest BCUT2D eigenvalue weighted by Crippen LogP contribution is -2.44. The topological polar surface area (TPSA) is 82.0 Å². The summed E-state index contributed by atoms with van der Waals surface area (Å²) < 4.78 is 4.82. The minimum Gasteiger partial charge on any atom is -0.394 e. The number of likely N-dealkylation sites (N-methyl/N-ethyl adjacent to an activating group) is 1. The van der Waals surface area contributed by atoms with Crippen molar-refractivity contribution >= 4 is 0 Å². The molecule has 0 unspecified atom stereocenters. The van der Waals surface area contributed by atoms with Gasteiger partial charge in [0.15, 0.2) is 6.29 Å². The van der Waals surface area contributed by atoms with Crippen molar-refractivity contribution in [3.05, 3.63) is 0 Å². The second kappa shape index (κ2) is 3.46. The molecule has 0 bridgehead atoms. The van der Waals surface area contributed by atoms with Gasteiger partial charge in [-0.2, -0.15) is 0 Å². The second-order valence-electron chi connectivity index (χ2n) is 2.55. The SMILES string of the molecule is CN[C@H]1[C@@H](O)[C@@H](O)O[C@H]1CO. The minimum absolute atomic E-state index is 0.209. The number of hydrogen-bond donors (Lipinski definition) is 4. The van der Waals surface area contributed by atoms with E-state index in [1.807, 2.05) is 0 Å². The summed E-state index contributed by atoms with van der Waals surface area (Å²) in [4.78, 5) is 0. The third-order valence-corrected chi connectivity index (χ3v) is 1.89. The molecule has 4 N–H and O–H groups in total. The predicted molar refractivity (Wildman–Crippen MR) is 36.8 cm³/mol. The van der Waals surface area contributed by atoms with E-state index in [-0.39, 0.29) is 6.61 Å². The van der Waals surface area contributed by atoms with Crippen molar-refractivity contribution in [3.63, 3.8) is 0 Å². The molecule has 5 nitrogen and oxygen atoms in total. The van der Waals surface area contributed by atoms with Crippen molar-refractivity contribution in [2.24, 2.45) is 0 Å². The van der Waals surface area contributed by atoms with Gasteiger partial charge in [0.25, 0.3) is 0 Å². The fraction of sp³-hybridized carbons (Fsp3) is 1.00. The molecule has 66 valence electrons. The van der Waals surface area contributed by atoms with Gasteiger partial charge in [-0.1, -0.05) is 0 Å². The normalized spacial score (nSPS) is 44.7. The molecule has 1 heterocycles.